The molecule has 1 fully saturated rings. The third kappa shape index (κ3) is 4.24. The smallest absolute Gasteiger partial charge is 0.339 e. The Morgan fingerprint density at radius 3 is 2.76 bits per heavy atom. The number of rotatable bonds is 6. The molecular weight excluding hydrogens is 440 g/mol. The molecule has 0 radical (unpaired) electrons. The molecule has 0 aliphatic carbocycles. The van der Waals surface area contributed by atoms with Crippen LogP contribution in [-0.4, -0.2) is 51.1 Å². The molecule has 0 amide bonds. The SMILES string of the molecule is COc1ncc(C)c(-c2ccc(-c3c(C(=O)O)cnn3C3CCCOCC3)c([N+](=O)[O-])c2)c1C. The highest BCUT2D eigenvalue weighted by atomic mass is 16.6. The molecule has 10 nitrogen and oxygen atoms in total. The molecule has 1 N–H and O–H groups in total. The third-order valence-corrected chi connectivity index (χ3v) is 6.19. The first-order valence-corrected chi connectivity index (χ1v) is 11.0. The van der Waals surface area contributed by atoms with E-state index < -0.39 is 10.9 Å². The first-order chi connectivity index (χ1) is 16.3. The molecule has 4 rings (SSSR count). The Kier molecular flexibility index (Phi) is 6.60. The second-order valence-electron chi connectivity index (χ2n) is 8.29. The molecule has 3 aromatic rings. The lowest BCUT2D eigenvalue weighted by Gasteiger charge is -2.19. The predicted octanol–water partition coefficient (Wildman–Crippen LogP) is 4.59. The maximum atomic E-state index is 12.2. The van der Waals surface area contributed by atoms with E-state index in [9.17, 15) is 20.0 Å². The van der Waals surface area contributed by atoms with E-state index in [2.05, 4.69) is 10.1 Å². The van der Waals surface area contributed by atoms with Crippen LogP contribution in [0.4, 0.5) is 5.69 Å². The van der Waals surface area contributed by atoms with Crippen LogP contribution in [0, 0.1) is 24.0 Å². The lowest BCUT2D eigenvalue weighted by Crippen LogP contribution is -2.14. The molecule has 0 spiro atoms. The van der Waals surface area contributed by atoms with Crippen LogP contribution in [-0.2, 0) is 4.74 Å². The predicted molar refractivity (Wildman–Crippen MR) is 124 cm³/mol. The average Bonchev–Trinajstić information content (AvgIpc) is 3.07. The highest BCUT2D eigenvalue weighted by molar-refractivity contribution is 5.96. The van der Waals surface area contributed by atoms with Gasteiger partial charge in [-0.15, -0.1) is 0 Å². The van der Waals surface area contributed by atoms with E-state index in [1.165, 1.54) is 19.4 Å². The first kappa shape index (κ1) is 23.4. The van der Waals surface area contributed by atoms with Crippen LogP contribution in [0.25, 0.3) is 22.4 Å². The number of carboxylic acids is 1. The number of methoxy groups -OCH3 is 1. The van der Waals surface area contributed by atoms with Gasteiger partial charge in [-0.1, -0.05) is 6.07 Å². The molecule has 2 aromatic heterocycles. The summed E-state index contributed by atoms with van der Waals surface area (Å²) in [5.41, 5.74) is 3.20. The molecule has 1 aliphatic heterocycles. The summed E-state index contributed by atoms with van der Waals surface area (Å²) < 4.78 is 12.5. The van der Waals surface area contributed by atoms with Gasteiger partial charge < -0.3 is 14.6 Å². The van der Waals surface area contributed by atoms with Crippen molar-refractivity contribution in [3.05, 3.63) is 57.4 Å². The van der Waals surface area contributed by atoms with Crippen molar-refractivity contribution in [3.63, 3.8) is 0 Å². The summed E-state index contributed by atoms with van der Waals surface area (Å²) in [7, 11) is 1.52. The fourth-order valence-electron chi connectivity index (χ4n) is 4.60. The zero-order valence-corrected chi connectivity index (χ0v) is 19.3. The van der Waals surface area contributed by atoms with E-state index in [1.807, 2.05) is 13.8 Å². The Bertz CT molecular complexity index is 1240. The van der Waals surface area contributed by atoms with Gasteiger partial charge >= 0.3 is 5.97 Å². The van der Waals surface area contributed by atoms with Gasteiger partial charge in [0, 0.05) is 31.0 Å². The van der Waals surface area contributed by atoms with Crippen LogP contribution in [0.5, 0.6) is 5.88 Å². The minimum Gasteiger partial charge on any atom is -0.481 e. The molecule has 1 unspecified atom stereocenters. The van der Waals surface area contributed by atoms with Crippen LogP contribution < -0.4 is 4.74 Å². The fourth-order valence-corrected chi connectivity index (χ4v) is 4.60. The van der Waals surface area contributed by atoms with Gasteiger partial charge in [0.2, 0.25) is 5.88 Å². The largest absolute Gasteiger partial charge is 0.481 e. The molecule has 3 heterocycles. The molecule has 10 heteroatoms. The Hall–Kier alpha value is -3.79. The quantitative estimate of drug-likeness (QED) is 0.413. The number of aromatic carboxylic acids is 1. The molecule has 0 saturated carbocycles. The van der Waals surface area contributed by atoms with E-state index in [0.29, 0.717) is 31.1 Å². The maximum Gasteiger partial charge on any atom is 0.339 e. The summed E-state index contributed by atoms with van der Waals surface area (Å²) in [5, 5.41) is 26.4. The topological polar surface area (TPSA) is 130 Å². The molecule has 1 saturated heterocycles. The van der Waals surface area contributed by atoms with Crippen LogP contribution >= 0.6 is 0 Å². The van der Waals surface area contributed by atoms with Crippen molar-refractivity contribution in [2.24, 2.45) is 0 Å². The maximum absolute atomic E-state index is 12.2. The lowest BCUT2D eigenvalue weighted by molar-refractivity contribution is -0.384. The summed E-state index contributed by atoms with van der Waals surface area (Å²) in [4.78, 5) is 28.0. The summed E-state index contributed by atoms with van der Waals surface area (Å²) in [5.74, 6) is -0.746. The Labute approximate surface area is 196 Å². The fraction of sp³-hybridized carbons (Fsp3) is 0.375. The molecule has 1 aliphatic rings. The minimum atomic E-state index is -1.19. The zero-order chi connectivity index (χ0) is 24.4. The van der Waals surface area contributed by atoms with Crippen molar-refractivity contribution in [1.29, 1.82) is 0 Å². The highest BCUT2D eigenvalue weighted by Gasteiger charge is 2.29. The monoisotopic (exact) mass is 466 g/mol. The molecular formula is C24H26N4O6. The Balaban J connectivity index is 1.91. The van der Waals surface area contributed by atoms with E-state index in [4.69, 9.17) is 9.47 Å². The van der Waals surface area contributed by atoms with Gasteiger partial charge in [-0.2, -0.15) is 5.10 Å². The number of aromatic nitrogens is 3. The Morgan fingerprint density at radius 2 is 2.06 bits per heavy atom. The van der Waals surface area contributed by atoms with E-state index in [1.54, 1.807) is 23.0 Å². The number of hydrogen-bond donors (Lipinski definition) is 1. The van der Waals surface area contributed by atoms with Crippen LogP contribution in [0.1, 0.15) is 46.8 Å². The van der Waals surface area contributed by atoms with Gasteiger partial charge in [-0.3, -0.25) is 14.8 Å². The number of pyridine rings is 1. The van der Waals surface area contributed by atoms with E-state index in [-0.39, 0.29) is 28.6 Å². The van der Waals surface area contributed by atoms with Crippen LogP contribution in [0.15, 0.2) is 30.6 Å². The Morgan fingerprint density at radius 1 is 1.26 bits per heavy atom. The van der Waals surface area contributed by atoms with Crippen LogP contribution in [0.3, 0.4) is 0 Å². The van der Waals surface area contributed by atoms with Gasteiger partial charge in [0.1, 0.15) is 5.56 Å². The molecule has 178 valence electrons. The van der Waals surface area contributed by atoms with Gasteiger partial charge in [-0.25, -0.2) is 9.78 Å². The minimum absolute atomic E-state index is 0.0704. The standard InChI is InChI=1S/C24H26N4O6/c1-14-12-25-23(33-3)15(2)21(14)16-6-7-18(20(11-16)28(31)32)22-19(24(29)30)13-26-27(22)17-5-4-9-34-10-8-17/h6-7,11-13,17H,4-5,8-10H2,1-3H3,(H,29,30). The van der Waals surface area contributed by atoms with E-state index in [0.717, 1.165) is 29.5 Å². The van der Waals surface area contributed by atoms with Crippen molar-refractivity contribution < 1.29 is 24.3 Å². The zero-order valence-electron chi connectivity index (χ0n) is 19.3. The number of ether oxygens (including phenoxy) is 2. The number of nitrogens with zero attached hydrogens (tertiary/aromatic N) is 4. The van der Waals surface area contributed by atoms with Gasteiger partial charge in [0.05, 0.1) is 35.5 Å². The van der Waals surface area contributed by atoms with Crippen molar-refractivity contribution in [1.82, 2.24) is 14.8 Å². The highest BCUT2D eigenvalue weighted by Crippen LogP contribution is 2.40. The average molecular weight is 466 g/mol. The summed E-state index contributed by atoms with van der Waals surface area (Å²) in [6, 6.07) is 4.73. The number of hydrogen-bond acceptors (Lipinski definition) is 7. The summed E-state index contributed by atoms with van der Waals surface area (Å²) >= 11 is 0. The number of nitro groups is 1. The van der Waals surface area contributed by atoms with E-state index >= 15 is 0 Å². The summed E-state index contributed by atoms with van der Waals surface area (Å²) in [6.45, 7) is 4.87. The molecule has 34 heavy (non-hydrogen) atoms. The molecule has 1 atom stereocenters. The number of nitro benzene ring substituents is 1. The number of carboxylic acid groups (broad SMARTS) is 1. The van der Waals surface area contributed by atoms with Crippen molar-refractivity contribution in [3.8, 4) is 28.3 Å². The first-order valence-electron chi connectivity index (χ1n) is 11.0. The number of aryl methyl sites for hydroxylation is 1. The van der Waals surface area contributed by atoms with Gasteiger partial charge in [0.15, 0.2) is 0 Å². The normalized spacial score (nSPS) is 16.1. The second kappa shape index (κ2) is 9.60. The third-order valence-electron chi connectivity index (χ3n) is 6.19. The van der Waals surface area contributed by atoms with Crippen molar-refractivity contribution >= 4 is 11.7 Å². The lowest BCUT2D eigenvalue weighted by atomic mass is 9.94. The molecule has 0 bridgehead atoms. The van der Waals surface area contributed by atoms with Crippen molar-refractivity contribution in [2.75, 3.05) is 20.3 Å². The second-order valence-corrected chi connectivity index (χ2v) is 8.29. The number of benzene rings is 1. The van der Waals surface area contributed by atoms with Gasteiger partial charge in [0.25, 0.3) is 5.69 Å². The molecule has 1 aromatic carbocycles. The van der Waals surface area contributed by atoms with Gasteiger partial charge in [-0.05, 0) is 55.9 Å². The van der Waals surface area contributed by atoms with Crippen LogP contribution in [0.2, 0.25) is 0 Å². The summed E-state index contributed by atoms with van der Waals surface area (Å²) in [6.07, 6.45) is 5.12. The number of carbonyl (C=O) groups is 1. The van der Waals surface area contributed by atoms with Crippen molar-refractivity contribution in [2.45, 2.75) is 39.2 Å².